The van der Waals surface area contributed by atoms with Gasteiger partial charge in [0.1, 0.15) is 17.4 Å². The summed E-state index contributed by atoms with van der Waals surface area (Å²) in [4.78, 5) is 5.72. The van der Waals surface area contributed by atoms with Crippen LogP contribution >= 0.6 is 0 Å². The number of hydrogen-bond donors (Lipinski definition) is 2. The van der Waals surface area contributed by atoms with Crippen molar-refractivity contribution in [3.8, 4) is 5.75 Å². The van der Waals surface area contributed by atoms with Crippen LogP contribution in [0.25, 0.3) is 0 Å². The van der Waals surface area contributed by atoms with Gasteiger partial charge in [-0.3, -0.25) is 0 Å². The molecule has 0 amide bonds. The molecule has 0 aliphatic carbocycles. The molecule has 158 valence electrons. The maximum atomic E-state index is 14.1. The summed E-state index contributed by atoms with van der Waals surface area (Å²) in [5, 5.41) is 2.81. The Kier molecular flexibility index (Phi) is 7.38. The van der Waals surface area contributed by atoms with Crippen LogP contribution in [0.3, 0.4) is 0 Å². The summed E-state index contributed by atoms with van der Waals surface area (Å²) in [6.07, 6.45) is -4.76. The predicted molar refractivity (Wildman–Crippen MR) is 99.2 cm³/mol. The molecule has 0 bridgehead atoms. The van der Waals surface area contributed by atoms with Gasteiger partial charge in [0.05, 0.1) is 12.6 Å². The van der Waals surface area contributed by atoms with Gasteiger partial charge in [0, 0.05) is 12.1 Å². The molecule has 29 heavy (non-hydrogen) atoms. The van der Waals surface area contributed by atoms with Crippen molar-refractivity contribution in [2.45, 2.75) is 18.9 Å². The fourth-order valence-corrected chi connectivity index (χ4v) is 2.60. The van der Waals surface area contributed by atoms with Gasteiger partial charge in [0.2, 0.25) is 0 Å². The van der Waals surface area contributed by atoms with E-state index in [9.17, 15) is 22.0 Å². The van der Waals surface area contributed by atoms with E-state index in [1.54, 1.807) is 19.0 Å². The standard InChI is InChI=1S/C19H21F5N4O/c1-28(2)16(17-14(20)4-3-5-15(17)21)11-27-18(25)26-10-12-6-8-13(9-7-12)29-19(22,23)24/h3-9,16H,10-11H2,1-2H3,(H3,25,26,27). The minimum atomic E-state index is -4.76. The van der Waals surface area contributed by atoms with Crippen molar-refractivity contribution in [2.24, 2.45) is 10.7 Å². The number of ether oxygens (including phenoxy) is 1. The van der Waals surface area contributed by atoms with Gasteiger partial charge >= 0.3 is 6.36 Å². The van der Waals surface area contributed by atoms with E-state index in [1.165, 1.54) is 42.5 Å². The van der Waals surface area contributed by atoms with Crippen LogP contribution < -0.4 is 15.8 Å². The van der Waals surface area contributed by atoms with Gasteiger partial charge in [0.15, 0.2) is 5.96 Å². The van der Waals surface area contributed by atoms with Gasteiger partial charge in [-0.15, -0.1) is 13.2 Å². The lowest BCUT2D eigenvalue weighted by molar-refractivity contribution is -0.274. The first kappa shape index (κ1) is 22.4. The molecule has 0 fully saturated rings. The second-order valence-corrected chi connectivity index (χ2v) is 6.39. The van der Waals surface area contributed by atoms with Crippen LogP contribution in [0.1, 0.15) is 17.2 Å². The van der Waals surface area contributed by atoms with E-state index in [-0.39, 0.29) is 30.4 Å². The van der Waals surface area contributed by atoms with Crippen molar-refractivity contribution in [3.63, 3.8) is 0 Å². The SMILES string of the molecule is CN(C)C(CNC(N)=NCc1ccc(OC(F)(F)F)cc1)c1c(F)cccc1F. The van der Waals surface area contributed by atoms with Gasteiger partial charge in [0.25, 0.3) is 0 Å². The quantitative estimate of drug-likeness (QED) is 0.412. The molecule has 0 heterocycles. The zero-order valence-corrected chi connectivity index (χ0v) is 15.8. The average molecular weight is 416 g/mol. The summed E-state index contributed by atoms with van der Waals surface area (Å²) in [5.41, 5.74) is 6.32. The van der Waals surface area contributed by atoms with E-state index >= 15 is 0 Å². The Labute approximate surface area is 165 Å². The van der Waals surface area contributed by atoms with Crippen molar-refractivity contribution < 1.29 is 26.7 Å². The third-order valence-corrected chi connectivity index (χ3v) is 4.02. The first-order chi connectivity index (χ1) is 13.6. The first-order valence-corrected chi connectivity index (χ1v) is 8.55. The number of nitrogens with two attached hydrogens (primary N) is 1. The van der Waals surface area contributed by atoms with Crippen LogP contribution in [0.2, 0.25) is 0 Å². The monoisotopic (exact) mass is 416 g/mol. The lowest BCUT2D eigenvalue weighted by Crippen LogP contribution is -2.39. The molecule has 10 heteroatoms. The molecule has 2 aromatic rings. The van der Waals surface area contributed by atoms with Crippen molar-refractivity contribution in [3.05, 3.63) is 65.2 Å². The smallest absolute Gasteiger partial charge is 0.406 e. The molecular weight excluding hydrogens is 395 g/mol. The fraction of sp³-hybridized carbons (Fsp3) is 0.316. The van der Waals surface area contributed by atoms with E-state index in [1.807, 2.05) is 0 Å². The number of likely N-dealkylation sites (N-methyl/N-ethyl adjacent to an activating group) is 1. The third-order valence-electron chi connectivity index (χ3n) is 4.02. The molecule has 0 saturated heterocycles. The Hall–Kier alpha value is -2.88. The van der Waals surface area contributed by atoms with Gasteiger partial charge in [-0.05, 0) is 43.9 Å². The van der Waals surface area contributed by atoms with E-state index in [4.69, 9.17) is 5.73 Å². The molecule has 5 nitrogen and oxygen atoms in total. The summed E-state index contributed by atoms with van der Waals surface area (Å²) in [6, 6.07) is 8.20. The Morgan fingerprint density at radius 2 is 1.69 bits per heavy atom. The molecule has 2 aromatic carbocycles. The number of guanidine groups is 1. The largest absolute Gasteiger partial charge is 0.573 e. The number of nitrogens with zero attached hydrogens (tertiary/aromatic N) is 2. The third kappa shape index (κ3) is 6.90. The van der Waals surface area contributed by atoms with Gasteiger partial charge in [-0.1, -0.05) is 18.2 Å². The lowest BCUT2D eigenvalue weighted by atomic mass is 10.0. The highest BCUT2D eigenvalue weighted by atomic mass is 19.4. The van der Waals surface area contributed by atoms with Gasteiger partial charge in [-0.25, -0.2) is 13.8 Å². The predicted octanol–water partition coefficient (Wildman–Crippen LogP) is 3.57. The maximum Gasteiger partial charge on any atom is 0.573 e. The first-order valence-electron chi connectivity index (χ1n) is 8.55. The minimum absolute atomic E-state index is 0.0317. The number of hydrogen-bond acceptors (Lipinski definition) is 3. The van der Waals surface area contributed by atoms with Crippen LogP contribution in [-0.2, 0) is 6.54 Å². The van der Waals surface area contributed by atoms with E-state index in [2.05, 4.69) is 15.0 Å². The zero-order chi connectivity index (χ0) is 21.6. The number of nitrogens with one attached hydrogen (secondary N) is 1. The number of benzene rings is 2. The van der Waals surface area contributed by atoms with Gasteiger partial charge < -0.3 is 20.7 Å². The molecule has 0 aromatic heterocycles. The number of aliphatic imine (C=N–C) groups is 1. The molecule has 1 unspecified atom stereocenters. The van der Waals surface area contributed by atoms with Crippen molar-refractivity contribution in [1.29, 1.82) is 0 Å². The fourth-order valence-electron chi connectivity index (χ4n) is 2.60. The summed E-state index contributed by atoms with van der Waals surface area (Å²) < 4.78 is 68.4. The van der Waals surface area contributed by atoms with Gasteiger partial charge in [-0.2, -0.15) is 0 Å². The molecule has 1 atom stereocenters. The molecule has 0 saturated carbocycles. The second kappa shape index (κ2) is 9.55. The van der Waals surface area contributed by atoms with Crippen molar-refractivity contribution in [1.82, 2.24) is 10.2 Å². The Balaban J connectivity index is 1.98. The molecule has 0 aliphatic heterocycles. The normalized spacial score (nSPS) is 13.4. The van der Waals surface area contributed by atoms with E-state index in [0.717, 1.165) is 0 Å². The lowest BCUT2D eigenvalue weighted by Gasteiger charge is -2.26. The average Bonchev–Trinajstić information content (AvgIpc) is 2.62. The summed E-state index contributed by atoms with van der Waals surface area (Å²) >= 11 is 0. The molecule has 0 spiro atoms. The van der Waals surface area contributed by atoms with E-state index in [0.29, 0.717) is 5.56 Å². The highest BCUT2D eigenvalue weighted by molar-refractivity contribution is 5.77. The van der Waals surface area contributed by atoms with Crippen LogP contribution in [0, 0.1) is 11.6 Å². The molecule has 2 rings (SSSR count). The van der Waals surface area contributed by atoms with Crippen molar-refractivity contribution in [2.75, 3.05) is 20.6 Å². The topological polar surface area (TPSA) is 62.9 Å². The highest BCUT2D eigenvalue weighted by Gasteiger charge is 2.30. The van der Waals surface area contributed by atoms with Crippen LogP contribution in [0.4, 0.5) is 22.0 Å². The van der Waals surface area contributed by atoms with Crippen LogP contribution in [0.5, 0.6) is 5.75 Å². The molecule has 0 aliphatic rings. The van der Waals surface area contributed by atoms with Crippen molar-refractivity contribution >= 4 is 5.96 Å². The number of rotatable bonds is 7. The maximum absolute atomic E-state index is 14.1. The molecule has 3 N–H and O–H groups in total. The Bertz CT molecular complexity index is 817. The number of halogens is 5. The van der Waals surface area contributed by atoms with Crippen LogP contribution in [0.15, 0.2) is 47.5 Å². The summed E-state index contributed by atoms with van der Waals surface area (Å²) in [7, 11) is 3.35. The Morgan fingerprint density at radius 3 is 2.21 bits per heavy atom. The summed E-state index contributed by atoms with van der Waals surface area (Å²) in [5.74, 6) is -1.63. The summed E-state index contributed by atoms with van der Waals surface area (Å²) in [6.45, 7) is 0.199. The van der Waals surface area contributed by atoms with E-state index < -0.39 is 24.0 Å². The highest BCUT2D eigenvalue weighted by Crippen LogP contribution is 2.24. The zero-order valence-electron chi connectivity index (χ0n) is 15.8. The molecular formula is C19H21F5N4O. The van der Waals surface area contributed by atoms with Crippen LogP contribution in [-0.4, -0.2) is 37.9 Å². The number of alkyl halides is 3. The Morgan fingerprint density at radius 1 is 1.10 bits per heavy atom. The molecule has 0 radical (unpaired) electrons. The minimum Gasteiger partial charge on any atom is -0.406 e. The second-order valence-electron chi connectivity index (χ2n) is 6.39.